The zero-order valence-corrected chi connectivity index (χ0v) is 9.91. The summed E-state index contributed by atoms with van der Waals surface area (Å²) in [4.78, 5) is 0. The summed E-state index contributed by atoms with van der Waals surface area (Å²) in [6, 6.07) is 4.63. The number of hydrogen-bond acceptors (Lipinski definition) is 3. The third kappa shape index (κ3) is 3.64. The van der Waals surface area contributed by atoms with Crippen molar-refractivity contribution in [2.24, 2.45) is 0 Å². The van der Waals surface area contributed by atoms with Crippen molar-refractivity contribution in [1.82, 2.24) is 0 Å². The predicted molar refractivity (Wildman–Crippen MR) is 58.1 cm³/mol. The lowest BCUT2D eigenvalue weighted by molar-refractivity contribution is -0.137. The largest absolute Gasteiger partial charge is 0.488 e. The van der Waals surface area contributed by atoms with Gasteiger partial charge in [-0.15, -0.1) is 0 Å². The van der Waals surface area contributed by atoms with Crippen molar-refractivity contribution in [1.29, 1.82) is 5.26 Å². The number of ether oxygens (including phenoxy) is 2. The minimum Gasteiger partial charge on any atom is -0.488 e. The van der Waals surface area contributed by atoms with Gasteiger partial charge in [0.1, 0.15) is 11.9 Å². The van der Waals surface area contributed by atoms with E-state index in [-0.39, 0.29) is 11.9 Å². The molecule has 0 spiro atoms. The lowest BCUT2D eigenvalue weighted by Gasteiger charge is -2.15. The van der Waals surface area contributed by atoms with E-state index < -0.39 is 17.3 Å². The average molecular weight is 259 g/mol. The topological polar surface area (TPSA) is 42.2 Å². The fourth-order valence-corrected chi connectivity index (χ4v) is 1.44. The van der Waals surface area contributed by atoms with Gasteiger partial charge < -0.3 is 9.47 Å². The minimum atomic E-state index is -4.54. The summed E-state index contributed by atoms with van der Waals surface area (Å²) in [6.45, 7) is 2.02. The second kappa shape index (κ2) is 5.74. The molecule has 98 valence electrons. The van der Waals surface area contributed by atoms with Crippen LogP contribution in [0.2, 0.25) is 0 Å². The molecule has 0 radical (unpaired) electrons. The van der Waals surface area contributed by atoms with E-state index in [0.717, 1.165) is 12.1 Å². The summed E-state index contributed by atoms with van der Waals surface area (Å²) in [5, 5.41) is 8.71. The minimum absolute atomic E-state index is 0.212. The van der Waals surface area contributed by atoms with Crippen LogP contribution in [0.4, 0.5) is 13.2 Å². The van der Waals surface area contributed by atoms with Crippen LogP contribution in [0.25, 0.3) is 0 Å². The Hall–Kier alpha value is -1.74. The molecule has 3 nitrogen and oxygen atoms in total. The monoisotopic (exact) mass is 259 g/mol. The number of nitrogens with zero attached hydrogens (tertiary/aromatic N) is 1. The summed E-state index contributed by atoms with van der Waals surface area (Å²) < 4.78 is 47.8. The van der Waals surface area contributed by atoms with Gasteiger partial charge in [-0.05, 0) is 25.1 Å². The number of nitriles is 1. The van der Waals surface area contributed by atoms with Gasteiger partial charge in [0.05, 0.1) is 23.8 Å². The van der Waals surface area contributed by atoms with Gasteiger partial charge in [-0.2, -0.15) is 18.4 Å². The Morgan fingerprint density at radius 2 is 2.06 bits per heavy atom. The molecule has 0 amide bonds. The molecule has 1 atom stereocenters. The number of hydrogen-bond donors (Lipinski definition) is 0. The fraction of sp³-hybridized carbons (Fsp3) is 0.417. The normalized spacial score (nSPS) is 12.9. The molecule has 6 heteroatoms. The molecule has 0 aliphatic heterocycles. The summed E-state index contributed by atoms with van der Waals surface area (Å²) in [7, 11) is 1.49. The van der Waals surface area contributed by atoms with E-state index in [2.05, 4.69) is 0 Å². The van der Waals surface area contributed by atoms with E-state index in [0.29, 0.717) is 6.61 Å². The molecule has 0 fully saturated rings. The molecule has 0 heterocycles. The number of halogens is 3. The SMILES string of the molecule is COCC(C)Oc1ccc(C(F)(F)F)c(C#N)c1. The van der Waals surface area contributed by atoms with Crippen molar-refractivity contribution in [2.45, 2.75) is 19.2 Å². The zero-order chi connectivity index (χ0) is 13.8. The van der Waals surface area contributed by atoms with Gasteiger partial charge in [-0.1, -0.05) is 0 Å². The third-order valence-corrected chi connectivity index (χ3v) is 2.16. The first-order valence-electron chi connectivity index (χ1n) is 5.15. The Morgan fingerprint density at radius 1 is 1.39 bits per heavy atom. The average Bonchev–Trinajstić information content (AvgIpc) is 2.27. The number of rotatable bonds is 4. The van der Waals surface area contributed by atoms with Crippen molar-refractivity contribution < 1.29 is 22.6 Å². The number of methoxy groups -OCH3 is 1. The van der Waals surface area contributed by atoms with Crippen LogP contribution in [0.15, 0.2) is 18.2 Å². The molecule has 0 bridgehead atoms. The second-order valence-corrected chi connectivity index (χ2v) is 3.70. The maximum atomic E-state index is 12.5. The van der Waals surface area contributed by atoms with Crippen LogP contribution < -0.4 is 4.74 Å². The van der Waals surface area contributed by atoms with Crippen molar-refractivity contribution in [3.8, 4) is 11.8 Å². The van der Waals surface area contributed by atoms with Crippen LogP contribution in [0, 0.1) is 11.3 Å². The lowest BCUT2D eigenvalue weighted by atomic mass is 10.1. The van der Waals surface area contributed by atoms with E-state index in [1.54, 1.807) is 6.92 Å². The molecule has 0 saturated heterocycles. The van der Waals surface area contributed by atoms with Crippen LogP contribution in [0.3, 0.4) is 0 Å². The van der Waals surface area contributed by atoms with Crippen LogP contribution >= 0.6 is 0 Å². The van der Waals surface area contributed by atoms with E-state index in [1.165, 1.54) is 19.2 Å². The Labute approximate surface area is 103 Å². The second-order valence-electron chi connectivity index (χ2n) is 3.70. The summed E-state index contributed by atoms with van der Waals surface area (Å²) >= 11 is 0. The lowest BCUT2D eigenvalue weighted by Crippen LogP contribution is -2.18. The zero-order valence-electron chi connectivity index (χ0n) is 9.91. The third-order valence-electron chi connectivity index (χ3n) is 2.16. The van der Waals surface area contributed by atoms with Crippen LogP contribution in [-0.4, -0.2) is 19.8 Å². The highest BCUT2D eigenvalue weighted by atomic mass is 19.4. The molecule has 0 aliphatic carbocycles. The van der Waals surface area contributed by atoms with Crippen LogP contribution in [0.1, 0.15) is 18.1 Å². The maximum absolute atomic E-state index is 12.5. The first-order chi connectivity index (χ1) is 8.38. The molecule has 0 aromatic heterocycles. The van der Waals surface area contributed by atoms with E-state index in [4.69, 9.17) is 14.7 Å². The van der Waals surface area contributed by atoms with Gasteiger partial charge in [0.2, 0.25) is 0 Å². The van der Waals surface area contributed by atoms with Gasteiger partial charge >= 0.3 is 6.18 Å². The fourth-order valence-electron chi connectivity index (χ4n) is 1.44. The highest BCUT2D eigenvalue weighted by Crippen LogP contribution is 2.33. The molecule has 0 N–H and O–H groups in total. The molecule has 18 heavy (non-hydrogen) atoms. The molecule has 0 saturated carbocycles. The standard InChI is InChI=1S/C12H12F3NO2/c1-8(7-17-2)18-10-3-4-11(12(13,14)15)9(5-10)6-16/h3-5,8H,7H2,1-2H3. The first kappa shape index (κ1) is 14.3. The van der Waals surface area contributed by atoms with Gasteiger partial charge in [0.15, 0.2) is 0 Å². The highest BCUT2D eigenvalue weighted by molar-refractivity contribution is 5.44. The van der Waals surface area contributed by atoms with E-state index in [9.17, 15) is 13.2 Å². The maximum Gasteiger partial charge on any atom is 0.417 e. The molecule has 0 aliphatic rings. The Balaban J connectivity index is 2.97. The van der Waals surface area contributed by atoms with Crippen molar-refractivity contribution in [3.05, 3.63) is 29.3 Å². The van der Waals surface area contributed by atoms with Gasteiger partial charge in [-0.3, -0.25) is 0 Å². The number of benzene rings is 1. The van der Waals surface area contributed by atoms with Gasteiger partial charge in [0, 0.05) is 7.11 Å². The molecule has 1 unspecified atom stereocenters. The molecular formula is C12H12F3NO2. The highest BCUT2D eigenvalue weighted by Gasteiger charge is 2.33. The first-order valence-corrected chi connectivity index (χ1v) is 5.15. The smallest absolute Gasteiger partial charge is 0.417 e. The predicted octanol–water partition coefficient (Wildman–Crippen LogP) is 2.99. The molecule has 1 aromatic rings. The van der Waals surface area contributed by atoms with Crippen molar-refractivity contribution in [3.63, 3.8) is 0 Å². The summed E-state index contributed by atoms with van der Waals surface area (Å²) in [5.74, 6) is 0.212. The number of alkyl halides is 3. The Morgan fingerprint density at radius 3 is 2.56 bits per heavy atom. The Kier molecular flexibility index (Phi) is 4.56. The van der Waals surface area contributed by atoms with Crippen molar-refractivity contribution in [2.75, 3.05) is 13.7 Å². The quantitative estimate of drug-likeness (QED) is 0.834. The summed E-state index contributed by atoms with van der Waals surface area (Å²) in [5.41, 5.74) is -1.42. The van der Waals surface area contributed by atoms with Crippen molar-refractivity contribution >= 4 is 0 Å². The van der Waals surface area contributed by atoms with E-state index >= 15 is 0 Å². The van der Waals surface area contributed by atoms with Gasteiger partial charge in [0.25, 0.3) is 0 Å². The van der Waals surface area contributed by atoms with Gasteiger partial charge in [-0.25, -0.2) is 0 Å². The molecule has 1 aromatic carbocycles. The van der Waals surface area contributed by atoms with Crippen LogP contribution in [0.5, 0.6) is 5.75 Å². The summed E-state index contributed by atoms with van der Waals surface area (Å²) in [6.07, 6.45) is -4.85. The van der Waals surface area contributed by atoms with Crippen LogP contribution in [-0.2, 0) is 10.9 Å². The molecule has 1 rings (SSSR count). The van der Waals surface area contributed by atoms with E-state index in [1.807, 2.05) is 0 Å². The molecular weight excluding hydrogens is 247 g/mol. The Bertz CT molecular complexity index is 452.